The van der Waals surface area contributed by atoms with Gasteiger partial charge in [0.25, 0.3) is 11.8 Å². The van der Waals surface area contributed by atoms with Gasteiger partial charge < -0.3 is 9.64 Å². The number of hydrogen-bond donors (Lipinski definition) is 1. The van der Waals surface area contributed by atoms with Crippen molar-refractivity contribution in [3.63, 3.8) is 0 Å². The number of carbonyl (C=O) groups is 3. The Morgan fingerprint density at radius 2 is 1.91 bits per heavy atom. The van der Waals surface area contributed by atoms with Crippen LogP contribution in [0.5, 0.6) is 5.75 Å². The van der Waals surface area contributed by atoms with Gasteiger partial charge in [-0.05, 0) is 59.9 Å². The Kier molecular flexibility index (Phi) is 6.46. The topological polar surface area (TPSA) is 79.0 Å². The molecule has 2 aromatic carbocycles. The normalized spacial score (nSPS) is 17.1. The van der Waals surface area contributed by atoms with Crippen LogP contribution in [0.15, 0.2) is 48.0 Å². The number of barbiturate groups is 1. The Morgan fingerprint density at radius 1 is 1.12 bits per heavy atom. The number of methoxy groups -OCH3 is 1. The van der Waals surface area contributed by atoms with Gasteiger partial charge in [-0.1, -0.05) is 18.2 Å². The molecule has 2 aromatic rings. The van der Waals surface area contributed by atoms with Gasteiger partial charge in [-0.2, -0.15) is 0 Å². The van der Waals surface area contributed by atoms with Gasteiger partial charge in [0.2, 0.25) is 0 Å². The molecule has 0 radical (unpaired) electrons. The summed E-state index contributed by atoms with van der Waals surface area (Å²) in [5, 5.41) is 2.27. The minimum absolute atomic E-state index is 0.0546. The smallest absolute Gasteiger partial charge is 0.331 e. The van der Waals surface area contributed by atoms with E-state index in [0.29, 0.717) is 11.6 Å². The second kappa shape index (κ2) is 9.44. The average molecular weight is 454 g/mol. The molecule has 1 fully saturated rings. The molecular formula is C24H24ClN3O4. The number of carbonyl (C=O) groups excluding carboxylic acids is 3. The van der Waals surface area contributed by atoms with Crippen LogP contribution in [-0.2, 0) is 22.6 Å². The highest BCUT2D eigenvalue weighted by Crippen LogP contribution is 2.30. The Bertz CT molecular complexity index is 1080. The van der Waals surface area contributed by atoms with Crippen molar-refractivity contribution in [1.29, 1.82) is 0 Å². The number of fused-ring (bicyclic) bond motifs is 1. The number of nitrogens with zero attached hydrogens (tertiary/aromatic N) is 2. The first-order valence-corrected chi connectivity index (χ1v) is 11.0. The molecule has 0 aliphatic carbocycles. The van der Waals surface area contributed by atoms with Crippen molar-refractivity contribution in [2.75, 3.05) is 31.0 Å². The molecule has 2 aliphatic rings. The quantitative estimate of drug-likeness (QED) is 0.395. The standard InChI is InChI=1S/C24H24ClN3O4/c1-32-19-6-3-16(4-7-19)15-28-23(30)20(22(29)26-24(28)31)14-17-5-8-21-18(13-17)9-12-27(21)11-2-10-25/h3-8,13-14H,2,9-12,15H2,1H3,(H,26,29,31). The SMILES string of the molecule is COc1ccc(CN2C(=O)NC(=O)C(=Cc3ccc4c(c3)CCN4CCCCl)C2=O)cc1. The van der Waals surface area contributed by atoms with Crippen molar-refractivity contribution in [3.8, 4) is 5.75 Å². The van der Waals surface area contributed by atoms with E-state index in [2.05, 4.69) is 10.2 Å². The van der Waals surface area contributed by atoms with E-state index in [0.717, 1.165) is 47.6 Å². The van der Waals surface area contributed by atoms with Crippen molar-refractivity contribution in [2.24, 2.45) is 0 Å². The number of alkyl halides is 1. The van der Waals surface area contributed by atoms with Crippen LogP contribution in [0.3, 0.4) is 0 Å². The molecular weight excluding hydrogens is 430 g/mol. The van der Waals surface area contributed by atoms with Crippen LogP contribution >= 0.6 is 11.6 Å². The summed E-state index contributed by atoms with van der Waals surface area (Å²) in [7, 11) is 1.57. The minimum Gasteiger partial charge on any atom is -0.497 e. The zero-order valence-electron chi connectivity index (χ0n) is 17.8. The molecule has 2 heterocycles. The van der Waals surface area contributed by atoms with Gasteiger partial charge in [0, 0.05) is 24.7 Å². The Morgan fingerprint density at radius 3 is 2.62 bits per heavy atom. The fraction of sp³-hybridized carbons (Fsp3) is 0.292. The monoisotopic (exact) mass is 453 g/mol. The molecule has 0 aromatic heterocycles. The summed E-state index contributed by atoms with van der Waals surface area (Å²) in [6.07, 6.45) is 3.36. The summed E-state index contributed by atoms with van der Waals surface area (Å²) in [5.41, 5.74) is 3.77. The Labute approximate surface area is 191 Å². The predicted molar refractivity (Wildman–Crippen MR) is 123 cm³/mol. The molecule has 4 amide bonds. The highest BCUT2D eigenvalue weighted by molar-refractivity contribution is 6.31. The van der Waals surface area contributed by atoms with E-state index in [4.69, 9.17) is 16.3 Å². The van der Waals surface area contributed by atoms with Gasteiger partial charge in [0.1, 0.15) is 11.3 Å². The first-order valence-electron chi connectivity index (χ1n) is 10.5. The molecule has 0 atom stereocenters. The molecule has 32 heavy (non-hydrogen) atoms. The average Bonchev–Trinajstić information content (AvgIpc) is 3.20. The zero-order chi connectivity index (χ0) is 22.7. The lowest BCUT2D eigenvalue weighted by Crippen LogP contribution is -2.53. The summed E-state index contributed by atoms with van der Waals surface area (Å²) in [4.78, 5) is 41.1. The van der Waals surface area contributed by atoms with E-state index in [-0.39, 0.29) is 12.1 Å². The van der Waals surface area contributed by atoms with E-state index in [1.54, 1.807) is 37.5 Å². The maximum atomic E-state index is 13.0. The van der Waals surface area contributed by atoms with E-state index in [1.165, 1.54) is 5.56 Å². The van der Waals surface area contributed by atoms with Crippen molar-refractivity contribution < 1.29 is 19.1 Å². The molecule has 2 aliphatic heterocycles. The lowest BCUT2D eigenvalue weighted by atomic mass is 10.0. The van der Waals surface area contributed by atoms with Gasteiger partial charge in [-0.25, -0.2) is 4.79 Å². The summed E-state index contributed by atoms with van der Waals surface area (Å²) in [6, 6.07) is 12.2. The van der Waals surface area contributed by atoms with Crippen molar-refractivity contribution >= 4 is 41.2 Å². The van der Waals surface area contributed by atoms with Gasteiger partial charge in [0.15, 0.2) is 0 Å². The lowest BCUT2D eigenvalue weighted by molar-refractivity contribution is -0.130. The van der Waals surface area contributed by atoms with Gasteiger partial charge in [0.05, 0.1) is 13.7 Å². The number of anilines is 1. The van der Waals surface area contributed by atoms with Gasteiger partial charge in [-0.3, -0.25) is 19.8 Å². The number of rotatable bonds is 7. The molecule has 166 valence electrons. The van der Waals surface area contributed by atoms with Gasteiger partial charge in [-0.15, -0.1) is 11.6 Å². The number of urea groups is 1. The third-order valence-electron chi connectivity index (χ3n) is 5.65. The van der Waals surface area contributed by atoms with Crippen LogP contribution in [0, 0.1) is 0 Å². The lowest BCUT2D eigenvalue weighted by Gasteiger charge is -2.26. The number of imide groups is 2. The van der Waals surface area contributed by atoms with Gasteiger partial charge >= 0.3 is 6.03 Å². The van der Waals surface area contributed by atoms with Crippen LogP contribution in [0.25, 0.3) is 6.08 Å². The maximum absolute atomic E-state index is 13.0. The zero-order valence-corrected chi connectivity index (χ0v) is 18.5. The summed E-state index contributed by atoms with van der Waals surface area (Å²) >= 11 is 5.82. The van der Waals surface area contributed by atoms with E-state index in [1.807, 2.05) is 18.2 Å². The Hall–Kier alpha value is -3.32. The largest absolute Gasteiger partial charge is 0.497 e. The second-order valence-electron chi connectivity index (χ2n) is 7.72. The summed E-state index contributed by atoms with van der Waals surface area (Å²) < 4.78 is 5.13. The number of nitrogens with one attached hydrogen (secondary N) is 1. The van der Waals surface area contributed by atoms with Crippen LogP contribution in [-0.4, -0.2) is 48.8 Å². The maximum Gasteiger partial charge on any atom is 0.331 e. The van der Waals surface area contributed by atoms with Crippen LogP contribution in [0.4, 0.5) is 10.5 Å². The first-order chi connectivity index (χ1) is 15.5. The predicted octanol–water partition coefficient (Wildman–Crippen LogP) is 3.35. The van der Waals surface area contributed by atoms with Crippen molar-refractivity contribution in [3.05, 3.63) is 64.7 Å². The fourth-order valence-electron chi connectivity index (χ4n) is 3.98. The minimum atomic E-state index is -0.725. The van der Waals surface area contributed by atoms with Crippen LogP contribution < -0.4 is 15.0 Å². The summed E-state index contributed by atoms with van der Waals surface area (Å²) in [5.74, 6) is 0.00435. The van der Waals surface area contributed by atoms with Crippen LogP contribution in [0.2, 0.25) is 0 Å². The van der Waals surface area contributed by atoms with Crippen molar-refractivity contribution in [1.82, 2.24) is 10.2 Å². The molecule has 8 heteroatoms. The van der Waals surface area contributed by atoms with Crippen LogP contribution in [0.1, 0.15) is 23.1 Å². The number of amides is 4. The van der Waals surface area contributed by atoms with Crippen molar-refractivity contribution in [2.45, 2.75) is 19.4 Å². The molecule has 0 spiro atoms. The summed E-state index contributed by atoms with van der Waals surface area (Å²) in [6.45, 7) is 1.88. The number of hydrogen-bond acceptors (Lipinski definition) is 5. The Balaban J connectivity index is 1.55. The molecule has 0 unspecified atom stereocenters. The highest BCUT2D eigenvalue weighted by Gasteiger charge is 2.35. The molecule has 1 saturated heterocycles. The first kappa shape index (κ1) is 21.9. The van der Waals surface area contributed by atoms with E-state index >= 15 is 0 Å². The highest BCUT2D eigenvalue weighted by atomic mass is 35.5. The molecule has 7 nitrogen and oxygen atoms in total. The number of benzene rings is 2. The number of halogens is 1. The van der Waals surface area contributed by atoms with E-state index < -0.39 is 17.8 Å². The molecule has 1 N–H and O–H groups in total. The molecule has 0 bridgehead atoms. The third kappa shape index (κ3) is 4.48. The number of ether oxygens (including phenoxy) is 1. The second-order valence-corrected chi connectivity index (χ2v) is 8.10. The third-order valence-corrected chi connectivity index (χ3v) is 5.92. The van der Waals surface area contributed by atoms with E-state index in [9.17, 15) is 14.4 Å². The fourth-order valence-corrected chi connectivity index (χ4v) is 4.10. The molecule has 0 saturated carbocycles. The molecule has 4 rings (SSSR count).